The van der Waals surface area contributed by atoms with Crippen molar-refractivity contribution in [2.24, 2.45) is 0 Å². The van der Waals surface area contributed by atoms with Crippen LogP contribution in [0.15, 0.2) is 78.9 Å². The van der Waals surface area contributed by atoms with Gasteiger partial charge in [0.1, 0.15) is 5.75 Å². The van der Waals surface area contributed by atoms with Crippen LogP contribution in [0, 0.1) is 0 Å². The number of alkyl halides is 3. The molecule has 0 amide bonds. The van der Waals surface area contributed by atoms with Crippen molar-refractivity contribution >= 4 is 33.1 Å². The SMILES string of the molecule is Oc1c(C=C(c2ccccc2)c2ccccc2)sc2ccc(C(F)(F)F)cc12. The molecule has 140 valence electrons. The van der Waals surface area contributed by atoms with E-state index in [0.29, 0.717) is 9.58 Å². The highest BCUT2D eigenvalue weighted by molar-refractivity contribution is 7.20. The van der Waals surface area contributed by atoms with Crippen LogP contribution < -0.4 is 0 Å². The number of benzene rings is 3. The van der Waals surface area contributed by atoms with Crippen LogP contribution in [-0.2, 0) is 6.18 Å². The first kappa shape index (κ1) is 18.3. The average molecular weight is 396 g/mol. The topological polar surface area (TPSA) is 20.2 Å². The Morgan fingerprint density at radius 3 is 1.93 bits per heavy atom. The van der Waals surface area contributed by atoms with Gasteiger partial charge in [-0.15, -0.1) is 11.3 Å². The average Bonchev–Trinajstić information content (AvgIpc) is 3.02. The summed E-state index contributed by atoms with van der Waals surface area (Å²) in [7, 11) is 0. The number of hydrogen-bond donors (Lipinski definition) is 1. The van der Waals surface area contributed by atoms with Crippen molar-refractivity contribution in [3.05, 3.63) is 100 Å². The first-order chi connectivity index (χ1) is 13.4. The van der Waals surface area contributed by atoms with Gasteiger partial charge in [-0.25, -0.2) is 0 Å². The first-order valence-electron chi connectivity index (χ1n) is 8.59. The first-order valence-corrected chi connectivity index (χ1v) is 9.40. The standard InChI is InChI=1S/C23H15F3OS/c24-23(25,26)17-11-12-20-19(13-17)22(27)21(28-20)14-18(15-7-3-1-4-8-15)16-9-5-2-6-10-16/h1-14,27H. The van der Waals surface area contributed by atoms with Gasteiger partial charge < -0.3 is 5.11 Å². The normalized spacial score (nSPS) is 11.5. The fraction of sp³-hybridized carbons (Fsp3) is 0.0435. The quantitative estimate of drug-likeness (QED) is 0.388. The Morgan fingerprint density at radius 2 is 1.39 bits per heavy atom. The van der Waals surface area contributed by atoms with Gasteiger partial charge in [0.15, 0.2) is 0 Å². The van der Waals surface area contributed by atoms with Crippen molar-refractivity contribution in [3.63, 3.8) is 0 Å². The minimum Gasteiger partial charge on any atom is -0.506 e. The number of halogens is 3. The molecule has 4 aromatic rings. The van der Waals surface area contributed by atoms with E-state index >= 15 is 0 Å². The van der Waals surface area contributed by atoms with E-state index in [9.17, 15) is 18.3 Å². The van der Waals surface area contributed by atoms with Crippen molar-refractivity contribution in [1.29, 1.82) is 0 Å². The monoisotopic (exact) mass is 396 g/mol. The summed E-state index contributed by atoms with van der Waals surface area (Å²) in [5.74, 6) is -0.129. The van der Waals surface area contributed by atoms with Crippen LogP contribution in [0.5, 0.6) is 5.75 Å². The van der Waals surface area contributed by atoms with Gasteiger partial charge in [0.25, 0.3) is 0 Å². The molecule has 0 bridgehead atoms. The van der Waals surface area contributed by atoms with Crippen LogP contribution in [0.25, 0.3) is 21.7 Å². The molecule has 0 fully saturated rings. The molecule has 0 atom stereocenters. The van der Waals surface area contributed by atoms with Crippen LogP contribution in [0.1, 0.15) is 21.6 Å². The Kier molecular flexibility index (Phi) is 4.69. The van der Waals surface area contributed by atoms with E-state index in [1.54, 1.807) is 0 Å². The molecule has 28 heavy (non-hydrogen) atoms. The molecule has 1 heterocycles. The Bertz CT molecular complexity index is 1100. The Balaban J connectivity index is 1.89. The molecule has 0 saturated heterocycles. The number of hydrogen-bond acceptors (Lipinski definition) is 2. The van der Waals surface area contributed by atoms with Crippen LogP contribution in [0.2, 0.25) is 0 Å². The van der Waals surface area contributed by atoms with Gasteiger partial charge in [-0.3, -0.25) is 0 Å². The van der Waals surface area contributed by atoms with E-state index in [1.165, 1.54) is 17.4 Å². The molecule has 1 aromatic heterocycles. The zero-order valence-electron chi connectivity index (χ0n) is 14.6. The molecule has 5 heteroatoms. The summed E-state index contributed by atoms with van der Waals surface area (Å²) in [4.78, 5) is 0.525. The molecular weight excluding hydrogens is 381 g/mol. The summed E-state index contributed by atoms with van der Waals surface area (Å²) in [6.45, 7) is 0. The van der Waals surface area contributed by atoms with Crippen molar-refractivity contribution < 1.29 is 18.3 Å². The van der Waals surface area contributed by atoms with Gasteiger partial charge in [0.2, 0.25) is 0 Å². The zero-order chi connectivity index (χ0) is 19.7. The van der Waals surface area contributed by atoms with E-state index in [-0.39, 0.29) is 11.1 Å². The third-order valence-electron chi connectivity index (χ3n) is 4.46. The van der Waals surface area contributed by atoms with Gasteiger partial charge in [0, 0.05) is 10.1 Å². The smallest absolute Gasteiger partial charge is 0.416 e. The molecule has 3 aromatic carbocycles. The molecule has 0 saturated carbocycles. The molecule has 1 N–H and O–H groups in total. The highest BCUT2D eigenvalue weighted by Crippen LogP contribution is 2.42. The van der Waals surface area contributed by atoms with Crippen molar-refractivity contribution in [2.75, 3.05) is 0 Å². The molecular formula is C23H15F3OS. The minimum atomic E-state index is -4.45. The van der Waals surface area contributed by atoms with Crippen molar-refractivity contribution in [1.82, 2.24) is 0 Å². The van der Waals surface area contributed by atoms with Gasteiger partial charge in [0.05, 0.1) is 10.4 Å². The lowest BCUT2D eigenvalue weighted by Gasteiger charge is -2.08. The van der Waals surface area contributed by atoms with Crippen LogP contribution in [-0.4, -0.2) is 5.11 Å². The maximum absolute atomic E-state index is 13.0. The van der Waals surface area contributed by atoms with Crippen molar-refractivity contribution in [2.45, 2.75) is 6.18 Å². The number of thiophene rings is 1. The van der Waals surface area contributed by atoms with E-state index < -0.39 is 11.7 Å². The third kappa shape index (κ3) is 3.53. The molecule has 0 radical (unpaired) electrons. The van der Waals surface area contributed by atoms with Gasteiger partial charge in [-0.2, -0.15) is 13.2 Å². The fourth-order valence-corrected chi connectivity index (χ4v) is 4.10. The van der Waals surface area contributed by atoms with E-state index in [2.05, 4.69) is 0 Å². The fourth-order valence-electron chi connectivity index (χ4n) is 3.08. The largest absolute Gasteiger partial charge is 0.506 e. The maximum atomic E-state index is 13.0. The van der Waals surface area contributed by atoms with E-state index in [4.69, 9.17) is 0 Å². The molecule has 0 aliphatic rings. The summed E-state index contributed by atoms with van der Waals surface area (Å²) < 4.78 is 39.7. The number of fused-ring (bicyclic) bond motifs is 1. The predicted molar refractivity (Wildman–Crippen MR) is 108 cm³/mol. The second-order valence-corrected chi connectivity index (χ2v) is 7.40. The zero-order valence-corrected chi connectivity index (χ0v) is 15.4. The van der Waals surface area contributed by atoms with Gasteiger partial charge in [-0.05, 0) is 41.0 Å². The molecule has 0 unspecified atom stereocenters. The van der Waals surface area contributed by atoms with Crippen LogP contribution in [0.4, 0.5) is 13.2 Å². The lowest BCUT2D eigenvalue weighted by atomic mass is 9.97. The Hall–Kier alpha value is -3.05. The lowest BCUT2D eigenvalue weighted by Crippen LogP contribution is -2.03. The second kappa shape index (κ2) is 7.17. The van der Waals surface area contributed by atoms with Gasteiger partial charge in [-0.1, -0.05) is 60.7 Å². The van der Waals surface area contributed by atoms with Crippen molar-refractivity contribution in [3.8, 4) is 5.75 Å². The van der Waals surface area contributed by atoms with E-state index in [0.717, 1.165) is 28.8 Å². The molecule has 0 spiro atoms. The third-order valence-corrected chi connectivity index (χ3v) is 5.57. The lowest BCUT2D eigenvalue weighted by molar-refractivity contribution is -0.137. The number of rotatable bonds is 3. The predicted octanol–water partition coefficient (Wildman–Crippen LogP) is 7.21. The summed E-state index contributed by atoms with van der Waals surface area (Å²) in [6.07, 6.45) is -2.62. The molecule has 4 rings (SSSR count). The summed E-state index contributed by atoms with van der Waals surface area (Å²) >= 11 is 1.27. The highest BCUT2D eigenvalue weighted by atomic mass is 32.1. The maximum Gasteiger partial charge on any atom is 0.416 e. The number of aromatic hydroxyl groups is 1. The Labute approximate surface area is 164 Å². The summed E-state index contributed by atoms with van der Waals surface area (Å²) in [6, 6.07) is 22.8. The minimum absolute atomic E-state index is 0.129. The van der Waals surface area contributed by atoms with Crippen LogP contribution in [0.3, 0.4) is 0 Å². The second-order valence-electron chi connectivity index (χ2n) is 6.31. The van der Waals surface area contributed by atoms with Gasteiger partial charge >= 0.3 is 6.18 Å². The molecule has 0 aliphatic carbocycles. The summed E-state index contributed by atoms with van der Waals surface area (Å²) in [5.41, 5.74) is 2.04. The van der Waals surface area contributed by atoms with E-state index in [1.807, 2.05) is 66.7 Å². The molecule has 1 nitrogen and oxygen atoms in total. The summed E-state index contributed by atoms with van der Waals surface area (Å²) in [5, 5.41) is 10.8. The Morgan fingerprint density at radius 1 is 0.821 bits per heavy atom. The van der Waals surface area contributed by atoms with Crippen LogP contribution >= 0.6 is 11.3 Å². The molecule has 0 aliphatic heterocycles. The highest BCUT2D eigenvalue weighted by Gasteiger charge is 2.31.